The molecule has 0 saturated heterocycles. The van der Waals surface area contributed by atoms with Crippen LogP contribution >= 0.6 is 11.3 Å². The minimum Gasteiger partial charge on any atom is -0.265 e. The summed E-state index contributed by atoms with van der Waals surface area (Å²) in [5.41, 5.74) is 0. The number of pyridine rings is 1. The molecule has 0 aliphatic heterocycles. The van der Waals surface area contributed by atoms with Gasteiger partial charge in [-0.15, -0.1) is 0 Å². The van der Waals surface area contributed by atoms with Gasteiger partial charge in [0.25, 0.3) is 0 Å². The zero-order valence-corrected chi connectivity index (χ0v) is 10.9. The summed E-state index contributed by atoms with van der Waals surface area (Å²) in [4.78, 5) is 3.78. The van der Waals surface area contributed by atoms with E-state index in [1.54, 1.807) is 23.7 Å². The van der Waals surface area contributed by atoms with E-state index in [2.05, 4.69) is 4.98 Å². The molecule has 0 aromatic carbocycles. The van der Waals surface area contributed by atoms with Gasteiger partial charge in [0.2, 0.25) is 0 Å². The number of hydrogen-bond acceptors (Lipinski definition) is 2. The third kappa shape index (κ3) is 15.6. The molecule has 2 aromatic heterocycles. The van der Waals surface area contributed by atoms with Gasteiger partial charge >= 0.3 is 0 Å². The van der Waals surface area contributed by atoms with Gasteiger partial charge in [-0.05, 0) is 22.9 Å². The van der Waals surface area contributed by atoms with E-state index in [0.29, 0.717) is 0 Å². The molecule has 0 N–H and O–H groups in total. The maximum Gasteiger partial charge on any atom is 0.0267 e. The molecule has 0 unspecified atom stereocenters. The molecule has 0 bridgehead atoms. The summed E-state index contributed by atoms with van der Waals surface area (Å²) in [6.07, 6.45) is 3.50. The van der Waals surface area contributed by atoms with Crippen molar-refractivity contribution in [1.82, 2.24) is 4.98 Å². The van der Waals surface area contributed by atoms with E-state index in [1.807, 2.05) is 68.8 Å². The predicted octanol–water partition coefficient (Wildman–Crippen LogP) is 4.88. The minimum absolute atomic E-state index is 1.71. The van der Waals surface area contributed by atoms with Crippen molar-refractivity contribution in [3.05, 3.63) is 53.5 Å². The normalized spacial score (nSPS) is 6.67. The first kappa shape index (κ1) is 16.3. The van der Waals surface area contributed by atoms with Crippen LogP contribution in [0.4, 0.5) is 0 Å². The summed E-state index contributed by atoms with van der Waals surface area (Å²) in [7, 11) is 0. The predicted molar refractivity (Wildman–Crippen MR) is 71.3 cm³/mol. The van der Waals surface area contributed by atoms with E-state index in [-0.39, 0.29) is 0 Å². The maximum absolute atomic E-state index is 3.78. The van der Waals surface area contributed by atoms with Crippen molar-refractivity contribution in [1.29, 1.82) is 0 Å². The number of rotatable bonds is 0. The van der Waals surface area contributed by atoms with Crippen molar-refractivity contribution in [3.8, 4) is 0 Å². The lowest BCUT2D eigenvalue weighted by atomic mass is 10.5. The van der Waals surface area contributed by atoms with Crippen LogP contribution in [0, 0.1) is 0 Å². The van der Waals surface area contributed by atoms with Crippen LogP contribution in [0.2, 0.25) is 0 Å². The zero-order chi connectivity index (χ0) is 11.8. The van der Waals surface area contributed by atoms with Crippen molar-refractivity contribution in [2.24, 2.45) is 0 Å². The SMILES string of the molecule is CC.CC.c1ccncc1.c1ccsc1. The third-order valence-electron chi connectivity index (χ3n) is 0.992. The topological polar surface area (TPSA) is 12.9 Å². The zero-order valence-electron chi connectivity index (χ0n) is 10.1. The van der Waals surface area contributed by atoms with Gasteiger partial charge in [-0.25, -0.2) is 0 Å². The van der Waals surface area contributed by atoms with Gasteiger partial charge in [0, 0.05) is 12.4 Å². The van der Waals surface area contributed by atoms with Crippen molar-refractivity contribution in [2.75, 3.05) is 0 Å². The monoisotopic (exact) mass is 223 g/mol. The molecule has 0 radical (unpaired) electrons. The first-order valence-corrected chi connectivity index (χ1v) is 6.26. The second-order valence-corrected chi connectivity index (χ2v) is 2.63. The van der Waals surface area contributed by atoms with Crippen molar-refractivity contribution in [2.45, 2.75) is 27.7 Å². The van der Waals surface area contributed by atoms with Crippen LogP contribution in [0.25, 0.3) is 0 Å². The molecule has 2 heterocycles. The van der Waals surface area contributed by atoms with Gasteiger partial charge in [0.05, 0.1) is 0 Å². The Hall–Kier alpha value is -1.15. The van der Waals surface area contributed by atoms with Crippen LogP contribution in [0.3, 0.4) is 0 Å². The summed E-state index contributed by atoms with van der Waals surface area (Å²) in [5, 5.41) is 4.08. The van der Waals surface area contributed by atoms with E-state index in [4.69, 9.17) is 0 Å². The fourth-order valence-corrected chi connectivity index (χ4v) is 0.993. The van der Waals surface area contributed by atoms with E-state index in [1.165, 1.54) is 0 Å². The van der Waals surface area contributed by atoms with E-state index < -0.39 is 0 Å². The highest BCUT2D eigenvalue weighted by Crippen LogP contribution is 1.91. The first-order valence-electron chi connectivity index (χ1n) is 5.32. The van der Waals surface area contributed by atoms with Crippen LogP contribution in [0.15, 0.2) is 53.5 Å². The van der Waals surface area contributed by atoms with Crippen molar-refractivity contribution >= 4 is 11.3 Å². The van der Waals surface area contributed by atoms with Crippen molar-refractivity contribution in [3.63, 3.8) is 0 Å². The Morgan fingerprint density at radius 1 is 0.667 bits per heavy atom. The third-order valence-corrected chi connectivity index (χ3v) is 1.62. The minimum atomic E-state index is 1.71. The Morgan fingerprint density at radius 2 is 1.13 bits per heavy atom. The Morgan fingerprint density at radius 3 is 1.27 bits per heavy atom. The standard InChI is InChI=1S/C5H5N.C4H4S.2C2H6/c1-2-4-6-5-3-1;1-2-4-5-3-1;2*1-2/h1-5H;1-4H;2*1-2H3. The molecular weight excluding hydrogens is 202 g/mol. The van der Waals surface area contributed by atoms with E-state index in [0.717, 1.165) is 0 Å². The quantitative estimate of drug-likeness (QED) is 0.620. The highest BCUT2D eigenvalue weighted by molar-refractivity contribution is 7.07. The van der Waals surface area contributed by atoms with Crippen LogP contribution in [0.1, 0.15) is 27.7 Å². The van der Waals surface area contributed by atoms with Gasteiger partial charge in [0.15, 0.2) is 0 Å². The molecule has 2 rings (SSSR count). The molecule has 0 atom stereocenters. The highest BCUT2D eigenvalue weighted by atomic mass is 32.1. The lowest BCUT2D eigenvalue weighted by molar-refractivity contribution is 1.33. The molecule has 1 nitrogen and oxygen atoms in total. The summed E-state index contributed by atoms with van der Waals surface area (Å²) in [6, 6.07) is 9.75. The Bertz CT molecular complexity index is 196. The Labute approximate surface area is 97.8 Å². The molecule has 0 saturated carbocycles. The number of thiophene rings is 1. The summed E-state index contributed by atoms with van der Waals surface area (Å²) in [5.74, 6) is 0. The number of nitrogens with zero attached hydrogens (tertiary/aromatic N) is 1. The molecule has 2 heteroatoms. The molecular formula is C13H21NS. The molecule has 0 aliphatic carbocycles. The first-order chi connectivity index (χ1) is 7.50. The molecule has 0 aliphatic rings. The van der Waals surface area contributed by atoms with Crippen LogP contribution < -0.4 is 0 Å². The molecule has 0 spiro atoms. The fourth-order valence-electron chi connectivity index (χ4n) is 0.539. The van der Waals surface area contributed by atoms with E-state index in [9.17, 15) is 0 Å². The van der Waals surface area contributed by atoms with Crippen LogP contribution in [0.5, 0.6) is 0 Å². The highest BCUT2D eigenvalue weighted by Gasteiger charge is 1.59. The second-order valence-electron chi connectivity index (χ2n) is 1.82. The van der Waals surface area contributed by atoms with Crippen LogP contribution in [-0.4, -0.2) is 4.98 Å². The van der Waals surface area contributed by atoms with Crippen molar-refractivity contribution < 1.29 is 0 Å². The lowest BCUT2D eigenvalue weighted by Gasteiger charge is -1.70. The van der Waals surface area contributed by atoms with Gasteiger partial charge in [0.1, 0.15) is 0 Å². The van der Waals surface area contributed by atoms with Gasteiger partial charge in [-0.3, -0.25) is 4.98 Å². The molecule has 2 aromatic rings. The molecule has 15 heavy (non-hydrogen) atoms. The molecule has 0 fully saturated rings. The van der Waals surface area contributed by atoms with Gasteiger partial charge < -0.3 is 0 Å². The summed E-state index contributed by atoms with van der Waals surface area (Å²) in [6.45, 7) is 8.00. The smallest absolute Gasteiger partial charge is 0.0267 e. The Kier molecular flexibility index (Phi) is 20.2. The van der Waals surface area contributed by atoms with Crippen LogP contribution in [-0.2, 0) is 0 Å². The average molecular weight is 223 g/mol. The molecule has 84 valence electrons. The Balaban J connectivity index is 0. The van der Waals surface area contributed by atoms with E-state index >= 15 is 0 Å². The fraction of sp³-hybridized carbons (Fsp3) is 0.308. The summed E-state index contributed by atoms with van der Waals surface area (Å²) >= 11 is 1.71. The van der Waals surface area contributed by atoms with Gasteiger partial charge in [-0.2, -0.15) is 11.3 Å². The summed E-state index contributed by atoms with van der Waals surface area (Å²) < 4.78 is 0. The van der Waals surface area contributed by atoms with Gasteiger partial charge in [-0.1, -0.05) is 45.9 Å². The average Bonchev–Trinajstić information content (AvgIpc) is 2.95. The molecule has 0 amide bonds. The largest absolute Gasteiger partial charge is 0.265 e. The number of aromatic nitrogens is 1. The number of hydrogen-bond donors (Lipinski definition) is 0. The lowest BCUT2D eigenvalue weighted by Crippen LogP contribution is -1.58. The second kappa shape index (κ2) is 18.6. The maximum atomic E-state index is 3.78.